The summed E-state index contributed by atoms with van der Waals surface area (Å²) in [5.41, 5.74) is 5.78. The fourth-order valence-electron chi connectivity index (χ4n) is 4.92. The Labute approximate surface area is 235 Å². The first kappa shape index (κ1) is 25.9. The Balaban J connectivity index is 0.00000294. The number of rotatable bonds is 3. The molecule has 0 saturated heterocycles. The number of aromatic nitrogens is 4. The Morgan fingerprint density at radius 1 is 0.921 bits per heavy atom. The van der Waals surface area contributed by atoms with E-state index in [0.29, 0.717) is 28.2 Å². The van der Waals surface area contributed by atoms with E-state index < -0.39 is 0 Å². The van der Waals surface area contributed by atoms with E-state index in [2.05, 4.69) is 70.6 Å². The van der Waals surface area contributed by atoms with Crippen molar-refractivity contribution in [2.75, 3.05) is 0 Å². The maximum Gasteiger partial charge on any atom is 0.217 e. The van der Waals surface area contributed by atoms with Gasteiger partial charge >= 0.3 is 0 Å². The van der Waals surface area contributed by atoms with Crippen LogP contribution in [-0.4, -0.2) is 24.6 Å². The number of aryl methyl sites for hydroxylation is 2. The van der Waals surface area contributed by atoms with E-state index in [9.17, 15) is 5.11 Å². The molecule has 6 rings (SSSR count). The van der Waals surface area contributed by atoms with Crippen molar-refractivity contribution in [3.8, 4) is 23.2 Å². The van der Waals surface area contributed by atoms with Gasteiger partial charge in [-0.3, -0.25) is 4.98 Å². The monoisotopic (exact) mass is 682 g/mol. The quantitative estimate of drug-likeness (QED) is 0.198. The molecule has 4 heterocycles. The van der Waals surface area contributed by atoms with E-state index >= 15 is 0 Å². The van der Waals surface area contributed by atoms with Crippen molar-refractivity contribution in [2.45, 2.75) is 40.0 Å². The molecule has 0 aliphatic rings. The van der Waals surface area contributed by atoms with Gasteiger partial charge in [0.25, 0.3) is 0 Å². The van der Waals surface area contributed by atoms with Crippen LogP contribution in [0.25, 0.3) is 38.7 Å². The number of fused-ring (bicyclic) bond motifs is 4. The standard InChI is InChI=1S/C31H27N4O2.Pt/c1-18-15-26(34-29-28(18)33-17-19(2)30(29)36)37-20-12-13-21-24(16-20)35(25-11-6-7-14-32-25)23-10-8-9-22(27(21)23)31(3,4)5;/h6-15,17H,1-5H3,(H,33,36);/q-1;. The minimum absolute atomic E-state index is 0. The average molecular weight is 683 g/mol. The zero-order valence-electron chi connectivity index (χ0n) is 21.8. The molecule has 0 spiro atoms. The summed E-state index contributed by atoms with van der Waals surface area (Å²) in [7, 11) is 0. The summed E-state index contributed by atoms with van der Waals surface area (Å²) >= 11 is 0. The zero-order chi connectivity index (χ0) is 25.9. The summed E-state index contributed by atoms with van der Waals surface area (Å²) in [5.74, 6) is 1.83. The first-order valence-corrected chi connectivity index (χ1v) is 12.3. The zero-order valence-corrected chi connectivity index (χ0v) is 24.1. The van der Waals surface area contributed by atoms with Crippen LogP contribution < -0.4 is 4.74 Å². The molecule has 0 atom stereocenters. The molecule has 0 amide bonds. The van der Waals surface area contributed by atoms with Gasteiger partial charge in [-0.2, -0.15) is 6.07 Å². The molecule has 0 radical (unpaired) electrons. The average Bonchev–Trinajstić information content (AvgIpc) is 3.20. The number of aromatic hydroxyl groups is 1. The molecule has 0 aliphatic carbocycles. The SMILES string of the molecule is Cc1cnc2c(C)cc(Oc3[c-]c4c(cc3)c3c(C(C)(C)C)cccc3n4-c3ccccn3)nc2c1O.[Pt]. The third-order valence-corrected chi connectivity index (χ3v) is 6.72. The van der Waals surface area contributed by atoms with E-state index in [0.717, 1.165) is 27.8 Å². The second-order valence-corrected chi connectivity index (χ2v) is 10.4. The van der Waals surface area contributed by atoms with E-state index in [-0.39, 0.29) is 32.2 Å². The maximum atomic E-state index is 10.6. The van der Waals surface area contributed by atoms with Crippen molar-refractivity contribution in [3.05, 3.63) is 89.7 Å². The fraction of sp³-hybridized carbons (Fsp3) is 0.194. The predicted molar refractivity (Wildman–Crippen MR) is 147 cm³/mol. The largest absolute Gasteiger partial charge is 0.505 e. The molecule has 1 N–H and O–H groups in total. The second-order valence-electron chi connectivity index (χ2n) is 10.4. The number of hydrogen-bond donors (Lipinski definition) is 1. The summed E-state index contributed by atoms with van der Waals surface area (Å²) in [6.07, 6.45) is 3.45. The van der Waals surface area contributed by atoms with Gasteiger partial charge in [0, 0.05) is 56.4 Å². The van der Waals surface area contributed by atoms with Gasteiger partial charge < -0.3 is 14.4 Å². The summed E-state index contributed by atoms with van der Waals surface area (Å²) in [6, 6.07) is 21.6. The summed E-state index contributed by atoms with van der Waals surface area (Å²) < 4.78 is 8.35. The van der Waals surface area contributed by atoms with E-state index in [1.165, 1.54) is 10.9 Å². The number of hydrogen-bond acceptors (Lipinski definition) is 5. The summed E-state index contributed by atoms with van der Waals surface area (Å²) in [5, 5.41) is 12.8. The second kappa shape index (κ2) is 9.52. The van der Waals surface area contributed by atoms with Crippen LogP contribution in [0.4, 0.5) is 0 Å². The first-order valence-electron chi connectivity index (χ1n) is 12.3. The van der Waals surface area contributed by atoms with Crippen LogP contribution in [-0.2, 0) is 26.5 Å². The van der Waals surface area contributed by atoms with Crippen molar-refractivity contribution in [3.63, 3.8) is 0 Å². The number of ether oxygens (including phenoxy) is 1. The molecule has 0 bridgehead atoms. The number of nitrogens with zero attached hydrogens (tertiary/aromatic N) is 4. The molecule has 0 unspecified atom stereocenters. The molecule has 2 aromatic carbocycles. The predicted octanol–water partition coefficient (Wildman–Crippen LogP) is 7.33. The van der Waals surface area contributed by atoms with Crippen molar-refractivity contribution in [1.29, 1.82) is 0 Å². The Morgan fingerprint density at radius 3 is 2.47 bits per heavy atom. The van der Waals surface area contributed by atoms with Crippen LogP contribution in [0.1, 0.15) is 37.5 Å². The van der Waals surface area contributed by atoms with Crippen molar-refractivity contribution in [2.24, 2.45) is 0 Å². The third kappa shape index (κ3) is 4.23. The van der Waals surface area contributed by atoms with Gasteiger partial charge in [-0.1, -0.05) is 44.5 Å². The van der Waals surface area contributed by atoms with E-state index in [4.69, 9.17) is 4.74 Å². The van der Waals surface area contributed by atoms with Crippen LogP contribution >= 0.6 is 0 Å². The minimum Gasteiger partial charge on any atom is -0.505 e. The van der Waals surface area contributed by atoms with E-state index in [1.54, 1.807) is 19.3 Å². The molecule has 0 aliphatic heterocycles. The van der Waals surface area contributed by atoms with Crippen LogP contribution in [0, 0.1) is 19.9 Å². The molecule has 4 aromatic heterocycles. The molecule has 7 heteroatoms. The topological polar surface area (TPSA) is 73.1 Å². The van der Waals surface area contributed by atoms with Crippen LogP contribution in [0.3, 0.4) is 0 Å². The van der Waals surface area contributed by atoms with Gasteiger partial charge in [0.15, 0.2) is 0 Å². The molecule has 6 aromatic rings. The number of pyridine rings is 3. The van der Waals surface area contributed by atoms with Gasteiger partial charge in [-0.25, -0.2) is 9.97 Å². The fourth-order valence-corrected chi connectivity index (χ4v) is 4.92. The normalized spacial score (nSPS) is 11.7. The molecular weight excluding hydrogens is 655 g/mol. The van der Waals surface area contributed by atoms with Crippen LogP contribution in [0.2, 0.25) is 0 Å². The molecular formula is C31H27N4O2Pt-. The summed E-state index contributed by atoms with van der Waals surface area (Å²) in [4.78, 5) is 13.6. The maximum absolute atomic E-state index is 10.6. The molecule has 194 valence electrons. The molecule has 38 heavy (non-hydrogen) atoms. The Hall–Kier alpha value is -3.76. The summed E-state index contributed by atoms with van der Waals surface area (Å²) in [6.45, 7) is 10.4. The van der Waals surface area contributed by atoms with Crippen molar-refractivity contribution >= 4 is 32.8 Å². The molecule has 0 saturated carbocycles. The Kier molecular flexibility index (Phi) is 6.48. The smallest absolute Gasteiger partial charge is 0.217 e. The van der Waals surface area contributed by atoms with Gasteiger partial charge in [-0.05, 0) is 54.0 Å². The van der Waals surface area contributed by atoms with E-state index in [1.807, 2.05) is 37.3 Å². The van der Waals surface area contributed by atoms with Crippen LogP contribution in [0.5, 0.6) is 17.4 Å². The Bertz CT molecular complexity index is 1820. The minimum atomic E-state index is -0.0430. The van der Waals surface area contributed by atoms with Gasteiger partial charge in [0.2, 0.25) is 5.88 Å². The van der Waals surface area contributed by atoms with Gasteiger partial charge in [0.1, 0.15) is 17.1 Å². The van der Waals surface area contributed by atoms with Crippen molar-refractivity contribution < 1.29 is 30.9 Å². The van der Waals surface area contributed by atoms with Crippen molar-refractivity contribution in [1.82, 2.24) is 19.5 Å². The van der Waals surface area contributed by atoms with Gasteiger partial charge in [0.05, 0.1) is 5.52 Å². The molecule has 0 fully saturated rings. The number of benzene rings is 2. The first-order chi connectivity index (χ1) is 17.7. The Morgan fingerprint density at radius 2 is 1.74 bits per heavy atom. The molecule has 6 nitrogen and oxygen atoms in total. The van der Waals surface area contributed by atoms with Crippen LogP contribution in [0.15, 0.2) is 67.0 Å². The third-order valence-electron chi connectivity index (χ3n) is 6.72. The van der Waals surface area contributed by atoms with Gasteiger partial charge in [-0.15, -0.1) is 17.5 Å².